The van der Waals surface area contributed by atoms with E-state index < -0.39 is 95.0 Å². The highest BCUT2D eigenvalue weighted by atomic mass is 32.1. The number of nitrogen functional groups attached to an aromatic ring is 1. The molecule has 17 nitrogen and oxygen atoms in total. The lowest BCUT2D eigenvalue weighted by Gasteiger charge is -2.48. The van der Waals surface area contributed by atoms with Crippen molar-refractivity contribution in [3.05, 3.63) is 29.3 Å². The van der Waals surface area contributed by atoms with Crippen molar-refractivity contribution in [2.24, 2.45) is 33.8 Å². The molecule has 13 atom stereocenters. The molecule has 3 saturated heterocycles. The number of aromatic nitrogens is 2. The number of carbonyl (C=O) groups is 4. The second-order valence-electron chi connectivity index (χ2n) is 18.8. The summed E-state index contributed by atoms with van der Waals surface area (Å²) in [7, 11) is 3.67. The van der Waals surface area contributed by atoms with Crippen molar-refractivity contribution in [1.82, 2.24) is 14.9 Å². The van der Waals surface area contributed by atoms with Crippen LogP contribution >= 0.6 is 11.3 Å². The highest BCUT2D eigenvalue weighted by Crippen LogP contribution is 2.43. The molecule has 3 aliphatic heterocycles. The fourth-order valence-electron chi connectivity index (χ4n) is 9.73. The van der Waals surface area contributed by atoms with E-state index in [1.54, 1.807) is 39.0 Å². The number of anilines is 1. The van der Waals surface area contributed by atoms with Crippen molar-refractivity contribution in [3.63, 3.8) is 0 Å². The summed E-state index contributed by atoms with van der Waals surface area (Å²) >= 11 is 1.37. The van der Waals surface area contributed by atoms with Crippen LogP contribution in [-0.2, 0) is 54.3 Å². The molecule has 0 aliphatic carbocycles. The molecular weight excluding hydrogens is 876 g/mol. The molecule has 3 fully saturated rings. The molecule has 1 amide bonds. The Morgan fingerprint density at radius 1 is 1.09 bits per heavy atom. The van der Waals surface area contributed by atoms with Crippen LogP contribution in [0.1, 0.15) is 113 Å². The SMILES string of the molecule is CCC(=O)N=C1[C@H](C)C[C@@]2(C)OCC(=NOCc3csc(-c4cccc(N)n4)n3)CC[C@H]([C@H]1C)[C@](C)(O)[C@@H](CC)OC(=O)[C@@](C)(F)C(=O)[C@H](C)[C@H]2O[C@@H]1O[C@H](C)C[C@H](N(C)C)[C@H]1OC(C)=O. The summed E-state index contributed by atoms with van der Waals surface area (Å²) in [5.41, 5.74) is 1.30. The Labute approximate surface area is 391 Å². The maximum absolute atomic E-state index is 17.1. The summed E-state index contributed by atoms with van der Waals surface area (Å²) in [5.74, 6) is -6.72. The van der Waals surface area contributed by atoms with Gasteiger partial charge in [0.05, 0.1) is 41.9 Å². The van der Waals surface area contributed by atoms with Gasteiger partial charge in [0.1, 0.15) is 28.2 Å². The van der Waals surface area contributed by atoms with Crippen molar-refractivity contribution in [2.45, 2.75) is 168 Å². The predicted octanol–water partition coefficient (Wildman–Crippen LogP) is 6.29. The van der Waals surface area contributed by atoms with E-state index in [1.807, 2.05) is 45.1 Å². The number of hydrogen-bond donors (Lipinski definition) is 2. The van der Waals surface area contributed by atoms with Crippen molar-refractivity contribution in [2.75, 3.05) is 26.4 Å². The van der Waals surface area contributed by atoms with Gasteiger partial charge in [0, 0.05) is 36.3 Å². The van der Waals surface area contributed by atoms with Crippen LogP contribution in [0, 0.1) is 23.7 Å². The van der Waals surface area contributed by atoms with E-state index in [2.05, 4.69) is 20.1 Å². The van der Waals surface area contributed by atoms with E-state index in [0.717, 1.165) is 6.92 Å². The van der Waals surface area contributed by atoms with Crippen LogP contribution < -0.4 is 5.73 Å². The number of alkyl halides is 1. The van der Waals surface area contributed by atoms with Gasteiger partial charge in [-0.05, 0) is 97.9 Å². The number of ether oxygens (including phenoxy) is 5. The molecule has 2 bridgehead atoms. The summed E-state index contributed by atoms with van der Waals surface area (Å²) in [6, 6.07) is 4.89. The normalized spacial score (nSPS) is 36.3. The molecule has 0 saturated carbocycles. The number of aliphatic hydroxyl groups is 1. The number of likely N-dealkylation sites (N-methyl/N-ethyl adjacent to an activating group) is 1. The number of Topliss-reactive ketones (excluding diaryl/α,β-unsaturated/α-hetero) is 1. The Morgan fingerprint density at radius 2 is 1.80 bits per heavy atom. The van der Waals surface area contributed by atoms with E-state index in [4.69, 9.17) is 34.3 Å². The number of nitrogens with zero attached hydrogens (tertiary/aromatic N) is 5. The molecule has 0 unspecified atom stereocenters. The number of ketones is 1. The van der Waals surface area contributed by atoms with Crippen LogP contribution in [0.4, 0.5) is 10.2 Å². The molecular formula is C47H69FN6O11S. The smallest absolute Gasteiger partial charge is 0.351 e. The van der Waals surface area contributed by atoms with E-state index in [0.29, 0.717) is 40.1 Å². The van der Waals surface area contributed by atoms with Crippen molar-refractivity contribution in [1.29, 1.82) is 0 Å². The molecule has 0 spiro atoms. The first kappa shape index (κ1) is 52.7. The molecule has 366 valence electrons. The third-order valence-electron chi connectivity index (χ3n) is 13.3. The highest BCUT2D eigenvalue weighted by molar-refractivity contribution is 7.13. The maximum Gasteiger partial charge on any atom is 0.351 e. The summed E-state index contributed by atoms with van der Waals surface area (Å²) in [6.45, 7) is 15.5. The second kappa shape index (κ2) is 21.8. The number of thiazole rings is 1. The number of rotatable bonds is 10. The average Bonchev–Trinajstić information content (AvgIpc) is 3.73. The molecule has 66 heavy (non-hydrogen) atoms. The minimum atomic E-state index is -3.22. The van der Waals surface area contributed by atoms with Crippen LogP contribution in [0.3, 0.4) is 0 Å². The Balaban J connectivity index is 1.70. The summed E-state index contributed by atoms with van der Waals surface area (Å²) in [4.78, 5) is 76.2. The zero-order valence-electron chi connectivity index (χ0n) is 40.4. The minimum Gasteiger partial charge on any atom is -0.457 e. The number of halogens is 1. The minimum absolute atomic E-state index is 0.0217. The summed E-state index contributed by atoms with van der Waals surface area (Å²) < 4.78 is 49.1. The molecule has 0 radical (unpaired) electrons. The van der Waals surface area contributed by atoms with Crippen LogP contribution in [0.25, 0.3) is 10.7 Å². The third kappa shape index (κ3) is 12.1. The monoisotopic (exact) mass is 944 g/mol. The van der Waals surface area contributed by atoms with E-state index in [9.17, 15) is 24.3 Å². The van der Waals surface area contributed by atoms with Crippen molar-refractivity contribution < 1.29 is 57.2 Å². The third-order valence-corrected chi connectivity index (χ3v) is 14.2. The first-order valence-corrected chi connectivity index (χ1v) is 23.7. The van der Waals surface area contributed by atoms with Gasteiger partial charge in [0.25, 0.3) is 5.67 Å². The number of amides is 1. The quantitative estimate of drug-likeness (QED) is 0.152. The van der Waals surface area contributed by atoms with Gasteiger partial charge < -0.3 is 44.3 Å². The maximum atomic E-state index is 17.1. The lowest BCUT2D eigenvalue weighted by molar-refractivity contribution is -0.299. The molecule has 2 aromatic rings. The lowest BCUT2D eigenvalue weighted by atomic mass is 9.68. The molecule has 3 N–H and O–H groups in total. The number of cyclic esters (lactones) is 1. The van der Waals surface area contributed by atoms with Gasteiger partial charge in [-0.15, -0.1) is 11.3 Å². The van der Waals surface area contributed by atoms with E-state index in [-0.39, 0.29) is 51.2 Å². The van der Waals surface area contributed by atoms with E-state index >= 15 is 4.39 Å². The Hall–Kier alpha value is -4.27. The van der Waals surface area contributed by atoms with Gasteiger partial charge in [-0.3, -0.25) is 14.4 Å². The largest absolute Gasteiger partial charge is 0.457 e. The van der Waals surface area contributed by atoms with Gasteiger partial charge in [0.2, 0.25) is 5.91 Å². The van der Waals surface area contributed by atoms with Gasteiger partial charge in [0.15, 0.2) is 24.8 Å². The number of nitrogens with two attached hydrogens (primary N) is 1. The van der Waals surface area contributed by atoms with Crippen LogP contribution in [0.2, 0.25) is 0 Å². The Kier molecular flexibility index (Phi) is 17.4. The van der Waals surface area contributed by atoms with Gasteiger partial charge in [-0.1, -0.05) is 45.8 Å². The molecule has 19 heteroatoms. The standard InChI is InChI=1S/C47H69FN6O11S/c1-13-35-47(10,59)32-19-18-30(53-61-23-31-24-66-42(50-31)33-16-15-17-36(49)51-33)22-60-45(8,21-25(3)38(27(32)5)52-37(56)14-2)41(28(6)40(57)46(9,48)44(58)64-35)65-43-39(63-29(7)55)34(54(11)12)20-26(4)62-43/h15-17,24-28,32,34-35,39,41,43,59H,13-14,18-23H2,1-12H3,(H2,49,51)/t25-,26-,27-,28+,32-,34+,35-,39-,41-,43+,45-,46+,47+/m1/s1. The average molecular weight is 945 g/mol. The van der Waals surface area contributed by atoms with Crippen LogP contribution in [0.5, 0.6) is 0 Å². The molecule has 0 aromatic carbocycles. The van der Waals surface area contributed by atoms with Crippen LogP contribution in [-0.4, -0.2) is 129 Å². The van der Waals surface area contributed by atoms with Crippen molar-refractivity contribution >= 4 is 52.2 Å². The molecule has 2 aromatic heterocycles. The van der Waals surface area contributed by atoms with Crippen LogP contribution in [0.15, 0.2) is 33.7 Å². The Morgan fingerprint density at radius 3 is 2.44 bits per heavy atom. The molecule has 3 aliphatic rings. The lowest BCUT2D eigenvalue weighted by Crippen LogP contribution is -2.61. The number of esters is 2. The first-order valence-electron chi connectivity index (χ1n) is 22.8. The van der Waals surface area contributed by atoms with E-state index in [1.165, 1.54) is 32.1 Å². The predicted molar refractivity (Wildman–Crippen MR) is 246 cm³/mol. The fourth-order valence-corrected chi connectivity index (χ4v) is 10.5. The zero-order valence-corrected chi connectivity index (χ0v) is 41.2. The first-order chi connectivity index (χ1) is 30.9. The zero-order chi connectivity index (χ0) is 48.9. The second-order valence-corrected chi connectivity index (χ2v) is 19.7. The van der Waals surface area contributed by atoms with Gasteiger partial charge >= 0.3 is 11.9 Å². The topological polar surface area (TPSA) is 224 Å². The summed E-state index contributed by atoms with van der Waals surface area (Å²) in [6.07, 6.45) is -4.40. The number of hydrogen-bond acceptors (Lipinski definition) is 17. The fraction of sp³-hybridized carbons (Fsp3) is 0.702. The van der Waals surface area contributed by atoms with Gasteiger partial charge in [-0.2, -0.15) is 0 Å². The number of aliphatic imine (C=N–C) groups is 1. The highest BCUT2D eigenvalue weighted by Gasteiger charge is 2.57. The van der Waals surface area contributed by atoms with Gasteiger partial charge in [-0.25, -0.2) is 24.1 Å². The molecule has 5 heterocycles. The summed E-state index contributed by atoms with van der Waals surface area (Å²) in [5, 5.41) is 19.7. The number of fused-ring (bicyclic) bond motifs is 5. The number of pyridine rings is 1. The van der Waals surface area contributed by atoms with Crippen molar-refractivity contribution in [3.8, 4) is 10.7 Å². The Bertz CT molecular complexity index is 2110. The molecule has 5 rings (SSSR count). The number of carbonyl (C=O) groups excluding carboxylic acids is 4. The number of oxime groups is 1.